The number of nitrogen functional groups attached to an aromatic ring is 2. The molecule has 0 amide bonds. The summed E-state index contributed by atoms with van der Waals surface area (Å²) in [6, 6.07) is 7.60. The molecule has 0 fully saturated rings. The number of fused-ring (bicyclic) bond motifs is 1. The van der Waals surface area contributed by atoms with Crippen molar-refractivity contribution in [1.82, 2.24) is 15.2 Å². The first-order valence-electron chi connectivity index (χ1n) is 5.61. The number of benzene rings is 1. The van der Waals surface area contributed by atoms with E-state index in [0.717, 1.165) is 27.7 Å². The summed E-state index contributed by atoms with van der Waals surface area (Å²) in [7, 11) is 0. The maximum Gasteiger partial charge on any atom is 0.126 e. The minimum absolute atomic E-state index is 0.429. The highest BCUT2D eigenvalue weighted by atomic mass is 15.1. The Morgan fingerprint density at radius 3 is 2.72 bits per heavy atom. The van der Waals surface area contributed by atoms with Crippen molar-refractivity contribution in [3.05, 3.63) is 36.0 Å². The lowest BCUT2D eigenvalue weighted by Gasteiger charge is -2.08. The number of aromatic amines is 1. The first-order chi connectivity index (χ1) is 8.65. The maximum atomic E-state index is 5.98. The van der Waals surface area contributed by atoms with Crippen LogP contribution in [0.15, 0.2) is 30.5 Å². The summed E-state index contributed by atoms with van der Waals surface area (Å²) in [5.74, 6) is 0.429. The Balaban J connectivity index is 2.34. The zero-order valence-corrected chi connectivity index (χ0v) is 9.94. The molecule has 2 aromatic heterocycles. The first-order valence-corrected chi connectivity index (χ1v) is 5.61. The van der Waals surface area contributed by atoms with Gasteiger partial charge in [-0.15, -0.1) is 0 Å². The van der Waals surface area contributed by atoms with Gasteiger partial charge in [-0.3, -0.25) is 5.10 Å². The van der Waals surface area contributed by atoms with Gasteiger partial charge in [-0.25, -0.2) is 4.98 Å². The van der Waals surface area contributed by atoms with Gasteiger partial charge in [-0.2, -0.15) is 5.10 Å². The van der Waals surface area contributed by atoms with Crippen molar-refractivity contribution in [2.24, 2.45) is 0 Å². The Morgan fingerprint density at radius 2 is 2.00 bits per heavy atom. The number of hydrogen-bond donors (Lipinski definition) is 3. The van der Waals surface area contributed by atoms with Crippen molar-refractivity contribution in [1.29, 1.82) is 0 Å². The molecular formula is C13H13N5. The zero-order chi connectivity index (χ0) is 12.7. The molecule has 0 saturated heterocycles. The van der Waals surface area contributed by atoms with Gasteiger partial charge in [0.25, 0.3) is 0 Å². The third kappa shape index (κ3) is 1.57. The normalized spacial score (nSPS) is 10.9. The van der Waals surface area contributed by atoms with E-state index in [0.29, 0.717) is 11.5 Å². The molecule has 2 heterocycles. The summed E-state index contributed by atoms with van der Waals surface area (Å²) in [4.78, 5) is 4.33. The molecule has 0 radical (unpaired) electrons. The van der Waals surface area contributed by atoms with E-state index in [9.17, 15) is 0 Å². The van der Waals surface area contributed by atoms with Crippen molar-refractivity contribution in [2.75, 3.05) is 11.5 Å². The van der Waals surface area contributed by atoms with E-state index in [1.807, 2.05) is 25.1 Å². The summed E-state index contributed by atoms with van der Waals surface area (Å²) in [6.07, 6.45) is 1.79. The van der Waals surface area contributed by atoms with Crippen LogP contribution in [0.25, 0.3) is 22.2 Å². The van der Waals surface area contributed by atoms with Crippen LogP contribution in [0, 0.1) is 6.92 Å². The molecule has 18 heavy (non-hydrogen) atoms. The first kappa shape index (κ1) is 10.6. The molecule has 5 nitrogen and oxygen atoms in total. The number of nitrogens with zero attached hydrogens (tertiary/aromatic N) is 2. The number of nitrogens with two attached hydrogens (primary N) is 2. The highest BCUT2D eigenvalue weighted by molar-refractivity contribution is 5.96. The summed E-state index contributed by atoms with van der Waals surface area (Å²) in [6.45, 7) is 2.01. The fourth-order valence-corrected chi connectivity index (χ4v) is 2.20. The highest BCUT2D eigenvalue weighted by Gasteiger charge is 2.09. The Hall–Kier alpha value is -2.56. The van der Waals surface area contributed by atoms with E-state index in [-0.39, 0.29) is 0 Å². The predicted molar refractivity (Wildman–Crippen MR) is 72.9 cm³/mol. The van der Waals surface area contributed by atoms with Crippen molar-refractivity contribution < 1.29 is 0 Å². The van der Waals surface area contributed by atoms with Crippen LogP contribution in [-0.4, -0.2) is 15.2 Å². The third-order valence-electron chi connectivity index (χ3n) is 2.95. The molecule has 3 rings (SSSR count). The molecule has 0 aliphatic heterocycles. The average molecular weight is 239 g/mol. The number of aryl methyl sites for hydroxylation is 1. The van der Waals surface area contributed by atoms with Gasteiger partial charge in [0, 0.05) is 28.9 Å². The van der Waals surface area contributed by atoms with Gasteiger partial charge in [0.2, 0.25) is 0 Å². The lowest BCUT2D eigenvalue weighted by Crippen LogP contribution is -1.97. The van der Waals surface area contributed by atoms with Gasteiger partial charge in [-0.1, -0.05) is 0 Å². The summed E-state index contributed by atoms with van der Waals surface area (Å²) >= 11 is 0. The van der Waals surface area contributed by atoms with Gasteiger partial charge in [-0.05, 0) is 30.7 Å². The second kappa shape index (κ2) is 3.73. The summed E-state index contributed by atoms with van der Waals surface area (Å²) < 4.78 is 0. The Bertz CT molecular complexity index is 716. The van der Waals surface area contributed by atoms with Crippen LogP contribution in [0.2, 0.25) is 0 Å². The number of H-pyrrole nitrogens is 1. The third-order valence-corrected chi connectivity index (χ3v) is 2.95. The topological polar surface area (TPSA) is 93.6 Å². The van der Waals surface area contributed by atoms with Crippen molar-refractivity contribution in [2.45, 2.75) is 6.92 Å². The van der Waals surface area contributed by atoms with Gasteiger partial charge >= 0.3 is 0 Å². The van der Waals surface area contributed by atoms with E-state index in [4.69, 9.17) is 11.5 Å². The van der Waals surface area contributed by atoms with Crippen molar-refractivity contribution >= 4 is 22.4 Å². The standard InChI is InChI=1S/C13H13N5/c1-7-4-8(10-2-3-16-18-10)5-11-13(7)9(14)6-12(15)17-11/h2-6H,1H3,(H,16,18)(H4,14,15,17). The van der Waals surface area contributed by atoms with Crippen LogP contribution in [-0.2, 0) is 0 Å². The number of anilines is 2. The minimum Gasteiger partial charge on any atom is -0.398 e. The van der Waals surface area contributed by atoms with Gasteiger partial charge in [0.1, 0.15) is 5.82 Å². The van der Waals surface area contributed by atoms with Gasteiger partial charge < -0.3 is 11.5 Å². The summed E-state index contributed by atoms with van der Waals surface area (Å²) in [5.41, 5.74) is 16.1. The molecule has 0 bridgehead atoms. The number of pyridine rings is 1. The summed E-state index contributed by atoms with van der Waals surface area (Å²) in [5, 5.41) is 7.91. The number of nitrogens with one attached hydrogen (secondary N) is 1. The SMILES string of the molecule is Cc1cc(-c2cc[nH]n2)cc2nc(N)cc(N)c12. The van der Waals surface area contributed by atoms with Crippen LogP contribution in [0.1, 0.15) is 5.56 Å². The molecule has 0 saturated carbocycles. The van der Waals surface area contributed by atoms with Crippen LogP contribution >= 0.6 is 0 Å². The van der Waals surface area contributed by atoms with Crippen LogP contribution in [0.3, 0.4) is 0 Å². The Kier molecular flexibility index (Phi) is 2.19. The largest absolute Gasteiger partial charge is 0.398 e. The maximum absolute atomic E-state index is 5.98. The fourth-order valence-electron chi connectivity index (χ4n) is 2.20. The van der Waals surface area contributed by atoms with E-state index >= 15 is 0 Å². The molecule has 3 aromatic rings. The number of aromatic nitrogens is 3. The molecule has 0 aliphatic carbocycles. The average Bonchev–Trinajstić information content (AvgIpc) is 2.80. The molecule has 0 spiro atoms. The number of hydrogen-bond acceptors (Lipinski definition) is 4. The fraction of sp³-hybridized carbons (Fsp3) is 0.0769. The van der Waals surface area contributed by atoms with Crippen LogP contribution in [0.5, 0.6) is 0 Å². The lowest BCUT2D eigenvalue weighted by molar-refractivity contribution is 1.10. The van der Waals surface area contributed by atoms with E-state index in [1.165, 1.54) is 0 Å². The van der Waals surface area contributed by atoms with Crippen molar-refractivity contribution in [3.63, 3.8) is 0 Å². The molecule has 0 atom stereocenters. The van der Waals surface area contributed by atoms with Crippen LogP contribution < -0.4 is 11.5 Å². The second-order valence-electron chi connectivity index (χ2n) is 4.28. The Morgan fingerprint density at radius 1 is 1.17 bits per heavy atom. The smallest absolute Gasteiger partial charge is 0.126 e. The Labute approximate surface area is 104 Å². The van der Waals surface area contributed by atoms with E-state index in [1.54, 1.807) is 12.3 Å². The second-order valence-corrected chi connectivity index (χ2v) is 4.28. The highest BCUT2D eigenvalue weighted by Crippen LogP contribution is 2.29. The quantitative estimate of drug-likeness (QED) is 0.606. The predicted octanol–water partition coefficient (Wildman–Crippen LogP) is 2.10. The van der Waals surface area contributed by atoms with E-state index in [2.05, 4.69) is 15.2 Å². The minimum atomic E-state index is 0.429. The van der Waals surface area contributed by atoms with Gasteiger partial charge in [0.15, 0.2) is 0 Å². The van der Waals surface area contributed by atoms with Crippen molar-refractivity contribution in [3.8, 4) is 11.3 Å². The molecule has 1 aromatic carbocycles. The molecule has 5 N–H and O–H groups in total. The molecule has 0 unspecified atom stereocenters. The molecule has 5 heteroatoms. The molecular weight excluding hydrogens is 226 g/mol. The van der Waals surface area contributed by atoms with E-state index < -0.39 is 0 Å². The molecule has 90 valence electrons. The van der Waals surface area contributed by atoms with Gasteiger partial charge in [0.05, 0.1) is 11.2 Å². The number of rotatable bonds is 1. The zero-order valence-electron chi connectivity index (χ0n) is 9.94. The monoisotopic (exact) mass is 239 g/mol. The van der Waals surface area contributed by atoms with Crippen LogP contribution in [0.4, 0.5) is 11.5 Å². The lowest BCUT2D eigenvalue weighted by atomic mass is 10.0. The molecule has 0 aliphatic rings.